The summed E-state index contributed by atoms with van der Waals surface area (Å²) in [4.78, 5) is 0. The van der Waals surface area contributed by atoms with E-state index < -0.39 is 0 Å². The molecule has 0 unspecified atom stereocenters. The highest BCUT2D eigenvalue weighted by atomic mass is 28.1. The van der Waals surface area contributed by atoms with Crippen molar-refractivity contribution in [2.45, 2.75) is 13.8 Å². The molecule has 0 saturated heterocycles. The first-order chi connectivity index (χ1) is 6.13. The van der Waals surface area contributed by atoms with Crippen molar-refractivity contribution in [1.82, 2.24) is 4.57 Å². The van der Waals surface area contributed by atoms with Crippen molar-refractivity contribution in [2.75, 3.05) is 0 Å². The molecule has 0 aliphatic rings. The Bertz CT molecular complexity index is 468. The van der Waals surface area contributed by atoms with Gasteiger partial charge in [-0.3, -0.25) is 0 Å². The minimum atomic E-state index is 1.17. The number of hydrogen-bond acceptors (Lipinski definition) is 0. The average Bonchev–Trinajstić information content (AvgIpc) is 2.33. The molecule has 65 valence electrons. The van der Waals surface area contributed by atoms with Crippen LogP contribution in [0, 0.1) is 13.8 Å². The molecular weight excluding hydrogens is 174 g/mol. The highest BCUT2D eigenvalue weighted by molar-refractivity contribution is 6.34. The topological polar surface area (TPSA) is 4.93 Å². The van der Waals surface area contributed by atoms with Gasteiger partial charge in [0.2, 0.25) is 0 Å². The lowest BCUT2D eigenvalue weighted by atomic mass is 10.1. The molecule has 0 bridgehead atoms. The second-order valence-electron chi connectivity index (χ2n) is 3.50. The van der Waals surface area contributed by atoms with Crippen LogP contribution in [-0.4, -0.2) is 14.8 Å². The van der Waals surface area contributed by atoms with E-state index in [2.05, 4.69) is 53.9 Å². The monoisotopic (exact) mass is 186 g/mol. The van der Waals surface area contributed by atoms with E-state index in [1.54, 1.807) is 0 Å². The first-order valence-corrected chi connectivity index (χ1v) is 4.89. The lowest BCUT2D eigenvalue weighted by Gasteiger charge is -1.98. The van der Waals surface area contributed by atoms with Crippen LogP contribution in [0.15, 0.2) is 18.2 Å². The summed E-state index contributed by atoms with van der Waals surface area (Å²) in [7, 11) is 5.72. The Hall–Kier alpha value is -1.02. The maximum atomic E-state index is 3.64. The molecule has 1 nitrogen and oxygen atoms in total. The molecule has 0 atom stereocenters. The zero-order valence-corrected chi connectivity index (χ0v) is 9.18. The SMILES string of the molecule is Cc1cccc2c1c(C)c([Si])n2C. The second kappa shape index (κ2) is 2.74. The lowest BCUT2D eigenvalue weighted by Crippen LogP contribution is -2.14. The smallest absolute Gasteiger partial charge is 0.0969 e. The number of aromatic nitrogens is 1. The van der Waals surface area contributed by atoms with E-state index in [1.165, 1.54) is 27.3 Å². The summed E-state index contributed by atoms with van der Waals surface area (Å²) in [5.74, 6) is 0. The maximum absolute atomic E-state index is 3.64. The summed E-state index contributed by atoms with van der Waals surface area (Å²) in [6, 6.07) is 6.41. The zero-order chi connectivity index (χ0) is 9.59. The third-order valence-electron chi connectivity index (χ3n) is 2.68. The van der Waals surface area contributed by atoms with Crippen LogP contribution in [0.2, 0.25) is 0 Å². The van der Waals surface area contributed by atoms with Crippen molar-refractivity contribution < 1.29 is 0 Å². The summed E-state index contributed by atoms with van der Waals surface area (Å²) in [5.41, 5.74) is 3.96. The van der Waals surface area contributed by atoms with E-state index in [0.717, 1.165) is 0 Å². The first kappa shape index (κ1) is 8.57. The van der Waals surface area contributed by atoms with Crippen molar-refractivity contribution in [1.29, 1.82) is 0 Å². The van der Waals surface area contributed by atoms with E-state index >= 15 is 0 Å². The van der Waals surface area contributed by atoms with E-state index in [9.17, 15) is 0 Å². The normalized spacial score (nSPS) is 11.1. The molecule has 13 heavy (non-hydrogen) atoms. The third kappa shape index (κ3) is 1.05. The third-order valence-corrected chi connectivity index (χ3v) is 3.39. The van der Waals surface area contributed by atoms with Gasteiger partial charge in [-0.25, -0.2) is 0 Å². The Morgan fingerprint density at radius 2 is 1.92 bits per heavy atom. The molecule has 0 saturated carbocycles. The van der Waals surface area contributed by atoms with Gasteiger partial charge in [0.15, 0.2) is 0 Å². The Kier molecular flexibility index (Phi) is 1.80. The molecule has 0 N–H and O–H groups in total. The van der Waals surface area contributed by atoms with Crippen LogP contribution in [0.1, 0.15) is 11.1 Å². The van der Waals surface area contributed by atoms with Gasteiger partial charge in [0.25, 0.3) is 0 Å². The summed E-state index contributed by atoms with van der Waals surface area (Å²) < 4.78 is 2.18. The maximum Gasteiger partial charge on any atom is 0.0969 e. The summed E-state index contributed by atoms with van der Waals surface area (Å²) in [5, 5.41) is 2.54. The molecule has 0 amide bonds. The number of nitrogens with zero attached hydrogens (tertiary/aromatic N) is 1. The molecule has 1 aromatic carbocycles. The van der Waals surface area contributed by atoms with Crippen LogP contribution in [-0.2, 0) is 7.05 Å². The zero-order valence-electron chi connectivity index (χ0n) is 8.18. The number of benzene rings is 1. The molecule has 1 aromatic heterocycles. The fourth-order valence-corrected chi connectivity index (χ4v) is 2.16. The Balaban J connectivity index is 3.03. The number of aryl methyl sites for hydroxylation is 3. The predicted molar refractivity (Wildman–Crippen MR) is 57.8 cm³/mol. The van der Waals surface area contributed by atoms with Crippen molar-refractivity contribution in [2.24, 2.45) is 7.05 Å². The lowest BCUT2D eigenvalue weighted by molar-refractivity contribution is 0.999. The molecule has 0 aliphatic heterocycles. The van der Waals surface area contributed by atoms with E-state index in [-0.39, 0.29) is 0 Å². The van der Waals surface area contributed by atoms with Gasteiger partial charge >= 0.3 is 0 Å². The molecule has 2 rings (SSSR count). The minimum absolute atomic E-state index is 1.17. The van der Waals surface area contributed by atoms with Gasteiger partial charge in [0.1, 0.15) is 0 Å². The van der Waals surface area contributed by atoms with Crippen molar-refractivity contribution >= 4 is 26.5 Å². The number of hydrogen-bond donors (Lipinski definition) is 0. The van der Waals surface area contributed by atoms with Crippen LogP contribution in [0.3, 0.4) is 0 Å². The highest BCUT2D eigenvalue weighted by Crippen LogP contribution is 2.21. The quantitative estimate of drug-likeness (QED) is 0.551. The van der Waals surface area contributed by atoms with Crippen molar-refractivity contribution in [3.05, 3.63) is 29.3 Å². The van der Waals surface area contributed by atoms with Gasteiger partial charge < -0.3 is 4.57 Å². The standard InChI is InChI=1S/C11H12NSi/c1-7-5-4-6-9-10(7)8(2)11(13)12(9)3/h4-6H,1-3H3. The van der Waals surface area contributed by atoms with Crippen LogP contribution in [0.25, 0.3) is 10.9 Å². The largest absolute Gasteiger partial charge is 0.352 e. The molecule has 0 spiro atoms. The molecule has 3 radical (unpaired) electrons. The summed E-state index contributed by atoms with van der Waals surface area (Å²) >= 11 is 0. The van der Waals surface area contributed by atoms with Gasteiger partial charge in [-0.1, -0.05) is 12.1 Å². The minimum Gasteiger partial charge on any atom is -0.352 e. The van der Waals surface area contributed by atoms with Crippen LogP contribution < -0.4 is 5.32 Å². The van der Waals surface area contributed by atoms with Gasteiger partial charge in [0, 0.05) is 18.0 Å². The van der Waals surface area contributed by atoms with E-state index in [4.69, 9.17) is 0 Å². The van der Waals surface area contributed by atoms with Gasteiger partial charge in [-0.15, -0.1) is 0 Å². The number of fused-ring (bicyclic) bond motifs is 1. The molecule has 1 heterocycles. The molecule has 0 fully saturated rings. The average molecular weight is 186 g/mol. The van der Waals surface area contributed by atoms with Crippen LogP contribution >= 0.6 is 0 Å². The highest BCUT2D eigenvalue weighted by Gasteiger charge is 2.08. The van der Waals surface area contributed by atoms with Gasteiger partial charge in [0.05, 0.1) is 10.2 Å². The molecular formula is C11H12NSi. The van der Waals surface area contributed by atoms with Crippen molar-refractivity contribution in [3.63, 3.8) is 0 Å². The summed E-state index contributed by atoms with van der Waals surface area (Å²) in [6.07, 6.45) is 0. The molecule has 2 aromatic rings. The van der Waals surface area contributed by atoms with Gasteiger partial charge in [-0.2, -0.15) is 0 Å². The predicted octanol–water partition coefficient (Wildman–Crippen LogP) is 1.59. The fourth-order valence-electron chi connectivity index (χ4n) is 1.91. The summed E-state index contributed by atoms with van der Waals surface area (Å²) in [6.45, 7) is 4.30. The van der Waals surface area contributed by atoms with E-state index in [0.29, 0.717) is 0 Å². The first-order valence-electron chi connectivity index (χ1n) is 4.39. The Morgan fingerprint density at radius 1 is 1.23 bits per heavy atom. The van der Waals surface area contributed by atoms with Crippen molar-refractivity contribution in [3.8, 4) is 0 Å². The number of rotatable bonds is 0. The Morgan fingerprint density at radius 3 is 2.54 bits per heavy atom. The van der Waals surface area contributed by atoms with Crippen LogP contribution in [0.5, 0.6) is 0 Å². The molecule has 2 heteroatoms. The fraction of sp³-hybridized carbons (Fsp3) is 0.273. The van der Waals surface area contributed by atoms with Crippen LogP contribution in [0.4, 0.5) is 0 Å². The Labute approximate surface area is 81.8 Å². The van der Waals surface area contributed by atoms with Gasteiger partial charge in [-0.05, 0) is 36.4 Å². The molecule has 0 aliphatic carbocycles. The second-order valence-corrected chi connectivity index (χ2v) is 3.98. The van der Waals surface area contributed by atoms with E-state index in [1.807, 2.05) is 0 Å².